The molecule has 0 unspecified atom stereocenters. The Morgan fingerprint density at radius 1 is 1.39 bits per heavy atom. The van der Waals surface area contributed by atoms with E-state index in [9.17, 15) is 18.5 Å². The van der Waals surface area contributed by atoms with Crippen LogP contribution in [-0.2, 0) is 14.9 Å². The summed E-state index contributed by atoms with van der Waals surface area (Å²) in [6.07, 6.45) is 2.50. The first-order valence-corrected chi connectivity index (χ1v) is 6.72. The molecular formula is C9H11N3O5S. The van der Waals surface area contributed by atoms with E-state index < -0.39 is 20.8 Å². The molecule has 0 saturated carbocycles. The van der Waals surface area contributed by atoms with Gasteiger partial charge in [-0.15, -0.1) is 0 Å². The molecule has 0 N–H and O–H groups in total. The standard InChI is InChI=1S/C9H11N3O5S/c13-12(14)9-4-3-8(7-10-9)18(15,16)11-5-1-2-6-17-11/h3-4,7H,1-2,5-6H2. The molecule has 0 aromatic carbocycles. The minimum Gasteiger partial charge on any atom is -0.358 e. The fourth-order valence-corrected chi connectivity index (χ4v) is 2.76. The summed E-state index contributed by atoms with van der Waals surface area (Å²) in [5.41, 5.74) is 0. The maximum Gasteiger partial charge on any atom is 0.363 e. The minimum atomic E-state index is -3.78. The quantitative estimate of drug-likeness (QED) is 0.593. The Balaban J connectivity index is 2.26. The Labute approximate surface area is 103 Å². The molecule has 1 fully saturated rings. The van der Waals surface area contributed by atoms with E-state index >= 15 is 0 Å². The minimum absolute atomic E-state index is 0.116. The monoisotopic (exact) mass is 273 g/mol. The lowest BCUT2D eigenvalue weighted by molar-refractivity contribution is -0.389. The molecule has 1 aliphatic heterocycles. The van der Waals surface area contributed by atoms with Gasteiger partial charge in [0, 0.05) is 12.6 Å². The van der Waals surface area contributed by atoms with Crippen LogP contribution in [0.25, 0.3) is 0 Å². The van der Waals surface area contributed by atoms with Gasteiger partial charge < -0.3 is 10.1 Å². The van der Waals surface area contributed by atoms with Gasteiger partial charge in [0.15, 0.2) is 6.20 Å². The van der Waals surface area contributed by atoms with Crippen LogP contribution in [0.5, 0.6) is 0 Å². The van der Waals surface area contributed by atoms with Gasteiger partial charge in [-0.3, -0.25) is 4.84 Å². The SMILES string of the molecule is O=[N+]([O-])c1ccc(S(=O)(=O)N2CCCCO2)cn1. The van der Waals surface area contributed by atoms with Crippen LogP contribution in [-0.4, -0.2) is 35.9 Å². The van der Waals surface area contributed by atoms with E-state index in [4.69, 9.17) is 4.84 Å². The van der Waals surface area contributed by atoms with Crippen LogP contribution in [0.2, 0.25) is 0 Å². The van der Waals surface area contributed by atoms with Crippen molar-refractivity contribution in [2.75, 3.05) is 13.2 Å². The number of rotatable bonds is 3. The second kappa shape index (κ2) is 4.96. The van der Waals surface area contributed by atoms with Crippen molar-refractivity contribution in [3.8, 4) is 0 Å². The fourth-order valence-electron chi connectivity index (χ4n) is 1.51. The molecule has 1 aromatic rings. The van der Waals surface area contributed by atoms with E-state index in [-0.39, 0.29) is 11.4 Å². The molecule has 98 valence electrons. The van der Waals surface area contributed by atoms with Gasteiger partial charge in [0.25, 0.3) is 10.0 Å². The van der Waals surface area contributed by atoms with Crippen LogP contribution >= 0.6 is 0 Å². The molecule has 9 heteroatoms. The van der Waals surface area contributed by atoms with Crippen LogP contribution in [0.1, 0.15) is 12.8 Å². The second-order valence-electron chi connectivity index (χ2n) is 3.68. The van der Waals surface area contributed by atoms with Gasteiger partial charge in [0.1, 0.15) is 4.90 Å². The van der Waals surface area contributed by atoms with E-state index in [0.717, 1.165) is 35.6 Å². The lowest BCUT2D eigenvalue weighted by Crippen LogP contribution is -2.35. The normalized spacial score (nSPS) is 17.6. The van der Waals surface area contributed by atoms with E-state index in [1.54, 1.807) is 0 Å². The first-order chi connectivity index (χ1) is 8.51. The summed E-state index contributed by atoms with van der Waals surface area (Å²) in [5.74, 6) is -0.395. The van der Waals surface area contributed by atoms with Crippen molar-refractivity contribution in [1.82, 2.24) is 9.45 Å². The number of pyridine rings is 1. The summed E-state index contributed by atoms with van der Waals surface area (Å²) in [4.78, 5) is 18.2. The maximum absolute atomic E-state index is 12.1. The van der Waals surface area contributed by atoms with Gasteiger partial charge in [0.2, 0.25) is 0 Å². The number of sulfonamides is 1. The van der Waals surface area contributed by atoms with E-state index in [1.165, 1.54) is 0 Å². The molecule has 0 spiro atoms. The highest BCUT2D eigenvalue weighted by molar-refractivity contribution is 7.89. The molecule has 0 radical (unpaired) electrons. The topological polar surface area (TPSA) is 103 Å². The number of aromatic nitrogens is 1. The summed E-state index contributed by atoms with van der Waals surface area (Å²) < 4.78 is 25.0. The van der Waals surface area contributed by atoms with Crippen LogP contribution in [0, 0.1) is 10.1 Å². The molecule has 1 saturated heterocycles. The summed E-state index contributed by atoms with van der Waals surface area (Å²) in [7, 11) is -3.78. The molecule has 0 aliphatic carbocycles. The summed E-state index contributed by atoms with van der Waals surface area (Å²) in [6.45, 7) is 0.624. The zero-order chi connectivity index (χ0) is 13.2. The predicted molar refractivity (Wildman–Crippen MR) is 60.0 cm³/mol. The molecular weight excluding hydrogens is 262 g/mol. The van der Waals surface area contributed by atoms with E-state index in [0.29, 0.717) is 6.61 Å². The second-order valence-corrected chi connectivity index (χ2v) is 5.51. The summed E-state index contributed by atoms with van der Waals surface area (Å²) in [5, 5.41) is 10.4. The molecule has 8 nitrogen and oxygen atoms in total. The third-order valence-electron chi connectivity index (χ3n) is 2.44. The highest BCUT2D eigenvalue weighted by Gasteiger charge is 2.29. The number of hydroxylamine groups is 1. The van der Waals surface area contributed by atoms with Crippen molar-refractivity contribution >= 4 is 15.8 Å². The highest BCUT2D eigenvalue weighted by Crippen LogP contribution is 2.20. The molecule has 0 bridgehead atoms. The molecule has 1 aromatic heterocycles. The molecule has 0 amide bonds. The Bertz CT molecular complexity index is 536. The lowest BCUT2D eigenvalue weighted by Gasteiger charge is -2.24. The lowest BCUT2D eigenvalue weighted by atomic mass is 10.3. The van der Waals surface area contributed by atoms with E-state index in [1.807, 2.05) is 0 Å². The van der Waals surface area contributed by atoms with Gasteiger partial charge in [-0.1, -0.05) is 4.47 Å². The number of nitrogens with zero attached hydrogens (tertiary/aromatic N) is 3. The Morgan fingerprint density at radius 2 is 2.17 bits per heavy atom. The van der Waals surface area contributed by atoms with Gasteiger partial charge >= 0.3 is 5.82 Å². The average Bonchev–Trinajstić information content (AvgIpc) is 2.40. The van der Waals surface area contributed by atoms with Crippen LogP contribution < -0.4 is 0 Å². The first kappa shape index (κ1) is 12.9. The van der Waals surface area contributed by atoms with Crippen molar-refractivity contribution in [3.63, 3.8) is 0 Å². The molecule has 0 atom stereocenters. The third kappa shape index (κ3) is 2.47. The zero-order valence-electron chi connectivity index (χ0n) is 9.35. The van der Waals surface area contributed by atoms with Crippen LogP contribution in [0.15, 0.2) is 23.2 Å². The maximum atomic E-state index is 12.1. The summed E-state index contributed by atoms with van der Waals surface area (Å²) >= 11 is 0. The number of hydrogen-bond donors (Lipinski definition) is 0. The van der Waals surface area contributed by atoms with Crippen molar-refractivity contribution in [2.45, 2.75) is 17.7 Å². The third-order valence-corrected chi connectivity index (χ3v) is 4.11. The van der Waals surface area contributed by atoms with Crippen LogP contribution in [0.3, 0.4) is 0 Å². The zero-order valence-corrected chi connectivity index (χ0v) is 10.2. The number of nitro groups is 1. The Kier molecular flexibility index (Phi) is 3.55. The van der Waals surface area contributed by atoms with Gasteiger partial charge in [-0.2, -0.15) is 0 Å². The Hall–Kier alpha value is -1.58. The van der Waals surface area contributed by atoms with Crippen molar-refractivity contribution in [2.24, 2.45) is 0 Å². The molecule has 1 aliphatic rings. The predicted octanol–water partition coefficient (Wildman–Crippen LogP) is 0.706. The van der Waals surface area contributed by atoms with Crippen molar-refractivity contribution < 1.29 is 18.2 Å². The van der Waals surface area contributed by atoms with Crippen molar-refractivity contribution in [1.29, 1.82) is 0 Å². The molecule has 2 rings (SSSR count). The highest BCUT2D eigenvalue weighted by atomic mass is 32.2. The smallest absolute Gasteiger partial charge is 0.358 e. The fraction of sp³-hybridized carbons (Fsp3) is 0.444. The average molecular weight is 273 g/mol. The largest absolute Gasteiger partial charge is 0.363 e. The summed E-state index contributed by atoms with van der Waals surface area (Å²) in [6, 6.07) is 2.20. The molecule has 18 heavy (non-hydrogen) atoms. The van der Waals surface area contributed by atoms with Gasteiger partial charge in [-0.05, 0) is 28.8 Å². The van der Waals surface area contributed by atoms with Crippen LogP contribution in [0.4, 0.5) is 5.82 Å². The van der Waals surface area contributed by atoms with Crippen molar-refractivity contribution in [3.05, 3.63) is 28.4 Å². The van der Waals surface area contributed by atoms with Gasteiger partial charge in [0.05, 0.1) is 6.61 Å². The van der Waals surface area contributed by atoms with Gasteiger partial charge in [-0.25, -0.2) is 8.42 Å². The number of hydrogen-bond acceptors (Lipinski definition) is 6. The van der Waals surface area contributed by atoms with E-state index in [2.05, 4.69) is 4.98 Å². The Morgan fingerprint density at radius 3 is 2.67 bits per heavy atom. The first-order valence-electron chi connectivity index (χ1n) is 5.28. The molecule has 2 heterocycles.